The summed E-state index contributed by atoms with van der Waals surface area (Å²) < 4.78 is 5.37. The minimum absolute atomic E-state index is 0.0385. The van der Waals surface area contributed by atoms with Crippen LogP contribution in [0.3, 0.4) is 0 Å². The van der Waals surface area contributed by atoms with Gasteiger partial charge in [-0.1, -0.05) is 0 Å². The molecule has 1 aliphatic heterocycles. The molecule has 1 aliphatic rings. The number of rotatable bonds is 7. The molecule has 3 heterocycles. The molecule has 0 atom stereocenters. The Labute approximate surface area is 183 Å². The number of carbonyl (C=O) groups excluding carboxylic acids is 2. The normalized spacial score (nSPS) is 13.8. The Balaban J connectivity index is 1.26. The molecule has 2 aromatic heterocycles. The number of morpholine rings is 1. The summed E-state index contributed by atoms with van der Waals surface area (Å²) in [5.74, 6) is 0.124. The van der Waals surface area contributed by atoms with Crippen molar-refractivity contribution in [2.75, 3.05) is 50.1 Å². The average Bonchev–Trinajstić information content (AvgIpc) is 3.47. The van der Waals surface area contributed by atoms with E-state index in [9.17, 15) is 9.59 Å². The van der Waals surface area contributed by atoms with Crippen molar-refractivity contribution in [1.82, 2.24) is 25.1 Å². The Kier molecular flexibility index (Phi) is 6.53. The van der Waals surface area contributed by atoms with Crippen LogP contribution in [-0.2, 0) is 20.7 Å². The number of amides is 2. The summed E-state index contributed by atoms with van der Waals surface area (Å²) >= 11 is 1.38. The number of aromatic nitrogens is 4. The predicted octanol–water partition coefficient (Wildman–Crippen LogP) is 1.40. The third-order valence-corrected chi connectivity index (χ3v) is 5.73. The molecule has 3 aromatic rings. The zero-order valence-electron chi connectivity index (χ0n) is 17.1. The molecule has 0 unspecified atom stereocenters. The Bertz CT molecular complexity index is 1010. The van der Waals surface area contributed by atoms with Crippen molar-refractivity contribution in [2.24, 2.45) is 0 Å². The highest BCUT2D eigenvalue weighted by molar-refractivity contribution is 7.13. The van der Waals surface area contributed by atoms with Crippen LogP contribution >= 0.6 is 11.3 Å². The van der Waals surface area contributed by atoms with Crippen LogP contribution in [0.4, 0.5) is 11.4 Å². The summed E-state index contributed by atoms with van der Waals surface area (Å²) in [6, 6.07) is 7.68. The Morgan fingerprint density at radius 3 is 2.74 bits per heavy atom. The largest absolute Gasteiger partial charge is 0.378 e. The molecule has 2 amide bonds. The third-order valence-electron chi connectivity index (χ3n) is 4.84. The van der Waals surface area contributed by atoms with Crippen LogP contribution in [0.5, 0.6) is 0 Å². The lowest BCUT2D eigenvalue weighted by atomic mass is 10.2. The van der Waals surface area contributed by atoms with Crippen molar-refractivity contribution < 1.29 is 14.3 Å². The first-order chi connectivity index (χ1) is 15.1. The van der Waals surface area contributed by atoms with E-state index in [1.54, 1.807) is 12.4 Å². The number of nitrogens with zero attached hydrogens (tertiary/aromatic N) is 5. The Hall–Kier alpha value is -3.31. The number of ether oxygens (including phenoxy) is 1. The lowest BCUT2D eigenvalue weighted by Crippen LogP contribution is -2.36. The fraction of sp³-hybridized carbons (Fsp3) is 0.350. The van der Waals surface area contributed by atoms with Gasteiger partial charge < -0.3 is 19.9 Å². The van der Waals surface area contributed by atoms with Gasteiger partial charge in [0.05, 0.1) is 31.9 Å². The van der Waals surface area contributed by atoms with Crippen molar-refractivity contribution in [3.8, 4) is 10.8 Å². The number of aromatic amines is 1. The zero-order chi connectivity index (χ0) is 21.6. The van der Waals surface area contributed by atoms with Gasteiger partial charge in [-0.05, 0) is 24.3 Å². The number of anilines is 2. The van der Waals surface area contributed by atoms with Gasteiger partial charge in [0.1, 0.15) is 6.33 Å². The lowest BCUT2D eigenvalue weighted by Gasteiger charge is -2.28. The molecular weight excluding hydrogens is 418 g/mol. The first-order valence-corrected chi connectivity index (χ1v) is 10.7. The Morgan fingerprint density at radius 1 is 1.26 bits per heavy atom. The first-order valence-electron chi connectivity index (χ1n) is 9.85. The minimum Gasteiger partial charge on any atom is -0.378 e. The monoisotopic (exact) mass is 441 g/mol. The van der Waals surface area contributed by atoms with Crippen LogP contribution in [0.1, 0.15) is 5.69 Å². The van der Waals surface area contributed by atoms with Gasteiger partial charge in [0.25, 0.3) is 0 Å². The SMILES string of the molecule is CN(CC(=O)Nc1ccc(N2CCOCC2)cc1)C(=O)Cc1csc(-c2ncn[nH]2)n1. The molecule has 0 saturated carbocycles. The molecule has 162 valence electrons. The molecule has 0 spiro atoms. The van der Waals surface area contributed by atoms with Crippen molar-refractivity contribution in [3.05, 3.63) is 41.7 Å². The topological polar surface area (TPSA) is 116 Å². The number of hydrogen-bond donors (Lipinski definition) is 2. The Morgan fingerprint density at radius 2 is 2.03 bits per heavy atom. The molecule has 10 nitrogen and oxygen atoms in total. The number of hydrogen-bond acceptors (Lipinski definition) is 8. The summed E-state index contributed by atoms with van der Waals surface area (Å²) in [6.45, 7) is 3.13. The fourth-order valence-corrected chi connectivity index (χ4v) is 3.94. The standard InChI is InChI=1S/C20H23N7O3S/c1-26(18(29)10-15-12-31-20(24-15)19-21-13-22-25-19)11-17(28)23-14-2-4-16(5-3-14)27-6-8-30-9-7-27/h2-5,12-13H,6-11H2,1H3,(H,23,28)(H,21,22,25). The van der Waals surface area contributed by atoms with E-state index in [1.165, 1.54) is 22.6 Å². The van der Waals surface area contributed by atoms with Gasteiger partial charge in [0, 0.05) is 36.9 Å². The number of thiazole rings is 1. The van der Waals surface area contributed by atoms with Crippen molar-refractivity contribution >= 4 is 34.5 Å². The fourth-order valence-electron chi connectivity index (χ4n) is 3.18. The van der Waals surface area contributed by atoms with E-state index in [4.69, 9.17) is 4.74 Å². The maximum Gasteiger partial charge on any atom is 0.243 e. The highest BCUT2D eigenvalue weighted by Gasteiger charge is 2.17. The van der Waals surface area contributed by atoms with E-state index in [0.717, 1.165) is 32.0 Å². The molecule has 31 heavy (non-hydrogen) atoms. The van der Waals surface area contributed by atoms with Gasteiger partial charge in [0.15, 0.2) is 10.8 Å². The van der Waals surface area contributed by atoms with Gasteiger partial charge in [-0.25, -0.2) is 9.97 Å². The number of nitrogens with one attached hydrogen (secondary N) is 2. The molecule has 4 rings (SSSR count). The van der Waals surface area contributed by atoms with Gasteiger partial charge in [-0.15, -0.1) is 11.3 Å². The van der Waals surface area contributed by atoms with Crippen LogP contribution in [0, 0.1) is 0 Å². The smallest absolute Gasteiger partial charge is 0.243 e. The number of carbonyl (C=O) groups is 2. The van der Waals surface area contributed by atoms with Crippen LogP contribution in [0.25, 0.3) is 10.8 Å². The summed E-state index contributed by atoms with van der Waals surface area (Å²) in [7, 11) is 1.60. The highest BCUT2D eigenvalue weighted by Crippen LogP contribution is 2.20. The number of likely N-dealkylation sites (N-methyl/N-ethyl adjacent to an activating group) is 1. The van der Waals surface area contributed by atoms with Gasteiger partial charge >= 0.3 is 0 Å². The molecule has 0 radical (unpaired) electrons. The molecule has 1 aromatic carbocycles. The molecule has 0 aliphatic carbocycles. The summed E-state index contributed by atoms with van der Waals surface area (Å²) in [6.07, 6.45) is 1.52. The number of H-pyrrole nitrogens is 1. The molecular formula is C20H23N7O3S. The van der Waals surface area contributed by atoms with E-state index in [2.05, 4.69) is 30.4 Å². The van der Waals surface area contributed by atoms with E-state index in [0.29, 0.717) is 22.2 Å². The summed E-state index contributed by atoms with van der Waals surface area (Å²) in [4.78, 5) is 36.9. The van der Waals surface area contributed by atoms with E-state index < -0.39 is 0 Å². The molecule has 0 bridgehead atoms. The number of benzene rings is 1. The van der Waals surface area contributed by atoms with Crippen LogP contribution in [0.15, 0.2) is 36.0 Å². The quantitative estimate of drug-likeness (QED) is 0.569. The zero-order valence-corrected chi connectivity index (χ0v) is 17.9. The van der Waals surface area contributed by atoms with E-state index >= 15 is 0 Å². The van der Waals surface area contributed by atoms with Crippen LogP contribution in [0.2, 0.25) is 0 Å². The molecule has 1 saturated heterocycles. The van der Waals surface area contributed by atoms with Crippen molar-refractivity contribution in [3.63, 3.8) is 0 Å². The van der Waals surface area contributed by atoms with Gasteiger partial charge in [0.2, 0.25) is 11.8 Å². The second-order valence-electron chi connectivity index (χ2n) is 7.10. The second-order valence-corrected chi connectivity index (χ2v) is 7.96. The predicted molar refractivity (Wildman–Crippen MR) is 117 cm³/mol. The molecule has 1 fully saturated rings. The third kappa shape index (κ3) is 5.44. The maximum atomic E-state index is 12.5. The summed E-state index contributed by atoms with van der Waals surface area (Å²) in [5.41, 5.74) is 2.42. The van der Waals surface area contributed by atoms with E-state index in [-0.39, 0.29) is 24.8 Å². The van der Waals surface area contributed by atoms with Gasteiger partial charge in [-0.3, -0.25) is 14.7 Å². The van der Waals surface area contributed by atoms with Crippen LogP contribution < -0.4 is 10.2 Å². The second kappa shape index (κ2) is 9.67. The average molecular weight is 442 g/mol. The van der Waals surface area contributed by atoms with Crippen molar-refractivity contribution in [2.45, 2.75) is 6.42 Å². The molecule has 2 N–H and O–H groups in total. The highest BCUT2D eigenvalue weighted by atomic mass is 32.1. The maximum absolute atomic E-state index is 12.5. The van der Waals surface area contributed by atoms with E-state index in [1.807, 2.05) is 24.3 Å². The van der Waals surface area contributed by atoms with Crippen molar-refractivity contribution in [1.29, 1.82) is 0 Å². The van der Waals surface area contributed by atoms with Gasteiger partial charge in [-0.2, -0.15) is 5.10 Å². The lowest BCUT2D eigenvalue weighted by molar-refractivity contribution is -0.132. The first kappa shape index (κ1) is 20.9. The van der Waals surface area contributed by atoms with Crippen LogP contribution in [-0.4, -0.2) is 76.8 Å². The summed E-state index contributed by atoms with van der Waals surface area (Å²) in [5, 5.41) is 11.8. The minimum atomic E-state index is -0.254. The molecule has 11 heteroatoms.